The second kappa shape index (κ2) is 8.89. The van der Waals surface area contributed by atoms with Gasteiger partial charge in [0, 0.05) is 20.1 Å². The zero-order chi connectivity index (χ0) is 14.1. The number of hydrogen-bond acceptors (Lipinski definition) is 3. The zero-order valence-electron chi connectivity index (χ0n) is 12.3. The van der Waals surface area contributed by atoms with E-state index < -0.39 is 10.2 Å². The van der Waals surface area contributed by atoms with E-state index in [1.807, 2.05) is 7.05 Å². The summed E-state index contributed by atoms with van der Waals surface area (Å²) < 4.78 is 27.9. The van der Waals surface area contributed by atoms with Crippen LogP contribution in [0, 0.1) is 5.92 Å². The lowest BCUT2D eigenvalue weighted by Crippen LogP contribution is -2.39. The van der Waals surface area contributed by atoms with Crippen LogP contribution in [0.1, 0.15) is 44.9 Å². The first-order valence-corrected chi connectivity index (χ1v) is 8.86. The zero-order valence-corrected chi connectivity index (χ0v) is 13.1. The third kappa shape index (κ3) is 6.70. The normalized spacial score (nSPS) is 17.4. The van der Waals surface area contributed by atoms with Crippen LogP contribution in [0.25, 0.3) is 0 Å². The molecule has 0 atom stereocenters. The Labute approximate surface area is 118 Å². The van der Waals surface area contributed by atoms with Crippen molar-refractivity contribution in [2.24, 2.45) is 5.92 Å². The molecule has 5 nitrogen and oxygen atoms in total. The Bertz CT molecular complexity index is 327. The Morgan fingerprint density at radius 1 is 1.16 bits per heavy atom. The van der Waals surface area contributed by atoms with Crippen molar-refractivity contribution in [1.82, 2.24) is 14.3 Å². The van der Waals surface area contributed by atoms with Gasteiger partial charge in [-0.25, -0.2) is 4.72 Å². The fourth-order valence-corrected chi connectivity index (χ4v) is 3.59. The highest BCUT2D eigenvalue weighted by Gasteiger charge is 2.17. The summed E-state index contributed by atoms with van der Waals surface area (Å²) >= 11 is 0. The van der Waals surface area contributed by atoms with Crippen LogP contribution in [0.4, 0.5) is 0 Å². The Morgan fingerprint density at radius 2 is 1.84 bits per heavy atom. The monoisotopic (exact) mass is 291 g/mol. The lowest BCUT2D eigenvalue weighted by atomic mass is 10.0. The van der Waals surface area contributed by atoms with Crippen molar-refractivity contribution in [2.45, 2.75) is 44.9 Å². The summed E-state index contributed by atoms with van der Waals surface area (Å²) in [5.74, 6) is 0.831. The van der Waals surface area contributed by atoms with E-state index in [1.54, 1.807) is 7.05 Å². The quantitative estimate of drug-likeness (QED) is 0.597. The second-order valence-electron chi connectivity index (χ2n) is 5.47. The molecule has 0 bridgehead atoms. The van der Waals surface area contributed by atoms with Gasteiger partial charge in [-0.2, -0.15) is 12.7 Å². The molecule has 114 valence electrons. The first kappa shape index (κ1) is 16.9. The predicted molar refractivity (Wildman–Crippen MR) is 79.3 cm³/mol. The average Bonchev–Trinajstić information content (AvgIpc) is 2.88. The molecule has 0 amide bonds. The van der Waals surface area contributed by atoms with Gasteiger partial charge in [-0.15, -0.1) is 0 Å². The molecule has 0 saturated heterocycles. The lowest BCUT2D eigenvalue weighted by molar-refractivity contribution is 0.440. The van der Waals surface area contributed by atoms with Gasteiger partial charge in [-0.1, -0.05) is 25.7 Å². The smallest absolute Gasteiger partial charge is 0.279 e. The molecule has 1 fully saturated rings. The Hall–Kier alpha value is -0.170. The maximum absolute atomic E-state index is 11.9. The Balaban J connectivity index is 2.14. The van der Waals surface area contributed by atoms with Gasteiger partial charge in [0.2, 0.25) is 0 Å². The molecular weight excluding hydrogens is 262 g/mol. The van der Waals surface area contributed by atoms with E-state index in [4.69, 9.17) is 0 Å². The van der Waals surface area contributed by atoms with Crippen molar-refractivity contribution in [1.29, 1.82) is 0 Å². The SMILES string of the molecule is CNCCCN(C)S(=O)(=O)NCCCC1CCCC1. The maximum Gasteiger partial charge on any atom is 0.279 e. The molecule has 1 aliphatic carbocycles. The molecule has 6 heteroatoms. The van der Waals surface area contributed by atoms with Crippen LogP contribution in [-0.2, 0) is 10.2 Å². The molecule has 0 aromatic heterocycles. The summed E-state index contributed by atoms with van der Waals surface area (Å²) in [4.78, 5) is 0. The van der Waals surface area contributed by atoms with Crippen LogP contribution in [0.15, 0.2) is 0 Å². The van der Waals surface area contributed by atoms with Crippen molar-refractivity contribution in [2.75, 3.05) is 33.7 Å². The van der Waals surface area contributed by atoms with E-state index in [0.29, 0.717) is 13.1 Å². The largest absolute Gasteiger partial charge is 0.320 e. The van der Waals surface area contributed by atoms with Crippen molar-refractivity contribution in [3.05, 3.63) is 0 Å². The fraction of sp³-hybridized carbons (Fsp3) is 1.00. The van der Waals surface area contributed by atoms with Crippen LogP contribution < -0.4 is 10.0 Å². The molecule has 0 unspecified atom stereocenters. The number of nitrogens with zero attached hydrogens (tertiary/aromatic N) is 1. The van der Waals surface area contributed by atoms with E-state index in [1.165, 1.54) is 30.0 Å². The highest BCUT2D eigenvalue weighted by atomic mass is 32.2. The topological polar surface area (TPSA) is 61.4 Å². The van der Waals surface area contributed by atoms with Crippen LogP contribution in [-0.4, -0.2) is 46.5 Å². The van der Waals surface area contributed by atoms with E-state index >= 15 is 0 Å². The number of hydrogen-bond donors (Lipinski definition) is 2. The predicted octanol–water partition coefficient (Wildman–Crippen LogP) is 1.33. The first-order valence-electron chi connectivity index (χ1n) is 7.42. The average molecular weight is 291 g/mol. The van der Waals surface area contributed by atoms with E-state index in [9.17, 15) is 8.42 Å². The minimum atomic E-state index is -3.28. The van der Waals surface area contributed by atoms with Gasteiger partial charge in [0.15, 0.2) is 0 Å². The minimum Gasteiger partial charge on any atom is -0.320 e. The van der Waals surface area contributed by atoms with Gasteiger partial charge < -0.3 is 5.32 Å². The van der Waals surface area contributed by atoms with Crippen molar-refractivity contribution in [3.8, 4) is 0 Å². The molecule has 0 spiro atoms. The van der Waals surface area contributed by atoms with Crippen LogP contribution in [0.2, 0.25) is 0 Å². The molecule has 1 rings (SSSR count). The van der Waals surface area contributed by atoms with Gasteiger partial charge in [-0.05, 0) is 38.8 Å². The highest BCUT2D eigenvalue weighted by Crippen LogP contribution is 2.28. The third-order valence-corrected chi connectivity index (χ3v) is 5.43. The van der Waals surface area contributed by atoms with E-state index in [2.05, 4.69) is 10.0 Å². The van der Waals surface area contributed by atoms with E-state index in [-0.39, 0.29) is 0 Å². The molecule has 2 N–H and O–H groups in total. The molecule has 0 aliphatic heterocycles. The summed E-state index contributed by atoms with van der Waals surface area (Å²) in [6.45, 7) is 1.95. The van der Waals surface area contributed by atoms with Gasteiger partial charge in [0.05, 0.1) is 0 Å². The minimum absolute atomic E-state index is 0.554. The highest BCUT2D eigenvalue weighted by molar-refractivity contribution is 7.87. The van der Waals surface area contributed by atoms with Gasteiger partial charge in [-0.3, -0.25) is 0 Å². The standard InChI is InChI=1S/C13H29N3O2S/c1-14-10-6-12-16(2)19(17,18)15-11-5-9-13-7-3-4-8-13/h13-15H,3-12H2,1-2H3. The molecule has 0 heterocycles. The van der Waals surface area contributed by atoms with Crippen LogP contribution >= 0.6 is 0 Å². The molecule has 19 heavy (non-hydrogen) atoms. The molecular formula is C13H29N3O2S. The van der Waals surface area contributed by atoms with Crippen molar-refractivity contribution >= 4 is 10.2 Å². The van der Waals surface area contributed by atoms with Crippen LogP contribution in [0.3, 0.4) is 0 Å². The van der Waals surface area contributed by atoms with Gasteiger partial charge in [0.1, 0.15) is 0 Å². The molecule has 0 aromatic rings. The van der Waals surface area contributed by atoms with Crippen molar-refractivity contribution in [3.63, 3.8) is 0 Å². The Morgan fingerprint density at radius 3 is 2.47 bits per heavy atom. The van der Waals surface area contributed by atoms with Crippen molar-refractivity contribution < 1.29 is 8.42 Å². The second-order valence-corrected chi connectivity index (χ2v) is 7.33. The summed E-state index contributed by atoms with van der Waals surface area (Å²) in [5, 5.41) is 3.02. The molecule has 0 aromatic carbocycles. The molecule has 1 aliphatic rings. The molecule has 0 radical (unpaired) electrons. The Kier molecular flexibility index (Phi) is 7.90. The first-order chi connectivity index (χ1) is 9.06. The fourth-order valence-electron chi connectivity index (χ4n) is 2.60. The lowest BCUT2D eigenvalue weighted by Gasteiger charge is -2.18. The number of rotatable bonds is 10. The van der Waals surface area contributed by atoms with Crippen LogP contribution in [0.5, 0.6) is 0 Å². The number of nitrogens with one attached hydrogen (secondary N) is 2. The summed E-state index contributed by atoms with van der Waals surface area (Å²) in [5.41, 5.74) is 0. The maximum atomic E-state index is 11.9. The molecule has 1 saturated carbocycles. The summed E-state index contributed by atoms with van der Waals surface area (Å²) in [6.07, 6.45) is 8.30. The van der Waals surface area contributed by atoms with Gasteiger partial charge >= 0.3 is 0 Å². The third-order valence-electron chi connectivity index (χ3n) is 3.86. The summed E-state index contributed by atoms with van der Waals surface area (Å²) in [7, 11) is 0.224. The van der Waals surface area contributed by atoms with E-state index in [0.717, 1.165) is 31.7 Å². The van der Waals surface area contributed by atoms with Gasteiger partial charge in [0.25, 0.3) is 10.2 Å². The summed E-state index contributed by atoms with van der Waals surface area (Å²) in [6, 6.07) is 0.